The molecule has 5 heterocycles. The lowest BCUT2D eigenvalue weighted by Crippen LogP contribution is -2.37. The summed E-state index contributed by atoms with van der Waals surface area (Å²) >= 11 is 0. The Bertz CT molecular complexity index is 1370. The van der Waals surface area contributed by atoms with E-state index in [4.69, 9.17) is 9.72 Å². The van der Waals surface area contributed by atoms with Crippen LogP contribution in [0.4, 0.5) is 0 Å². The predicted molar refractivity (Wildman–Crippen MR) is 124 cm³/mol. The zero-order valence-corrected chi connectivity index (χ0v) is 17.8. The van der Waals surface area contributed by atoms with Gasteiger partial charge in [-0.3, -0.25) is 9.97 Å². The molecule has 0 saturated carbocycles. The second-order valence-corrected chi connectivity index (χ2v) is 8.00. The van der Waals surface area contributed by atoms with Gasteiger partial charge in [0.15, 0.2) is 5.82 Å². The van der Waals surface area contributed by atoms with E-state index in [0.717, 1.165) is 59.3 Å². The average Bonchev–Trinajstić information content (AvgIpc) is 3.55. The molecule has 4 aromatic heterocycles. The summed E-state index contributed by atoms with van der Waals surface area (Å²) in [7, 11) is 0. The van der Waals surface area contributed by atoms with Crippen molar-refractivity contribution in [2.75, 3.05) is 13.1 Å². The van der Waals surface area contributed by atoms with Crippen LogP contribution in [0.2, 0.25) is 0 Å². The summed E-state index contributed by atoms with van der Waals surface area (Å²) in [6.45, 7) is 1.88. The van der Waals surface area contributed by atoms with Crippen molar-refractivity contribution >= 4 is 10.9 Å². The van der Waals surface area contributed by atoms with E-state index in [-0.39, 0.29) is 6.10 Å². The second kappa shape index (κ2) is 8.44. The summed E-state index contributed by atoms with van der Waals surface area (Å²) < 4.78 is 7.75. The third-order valence-electron chi connectivity index (χ3n) is 5.78. The molecule has 9 heteroatoms. The third kappa shape index (κ3) is 3.94. The molecule has 33 heavy (non-hydrogen) atoms. The zero-order chi connectivity index (χ0) is 22.0. The molecule has 1 aliphatic rings. The number of fused-ring (bicyclic) bond motifs is 1. The molecular weight excluding hydrogens is 416 g/mol. The van der Waals surface area contributed by atoms with Crippen molar-refractivity contribution in [3.8, 4) is 34.2 Å². The van der Waals surface area contributed by atoms with Crippen LogP contribution in [0.3, 0.4) is 0 Å². The van der Waals surface area contributed by atoms with Gasteiger partial charge >= 0.3 is 0 Å². The molecule has 0 spiro atoms. The Morgan fingerprint density at radius 1 is 1.06 bits per heavy atom. The maximum atomic E-state index is 6.07. The van der Waals surface area contributed by atoms with Gasteiger partial charge in [-0.25, -0.2) is 14.6 Å². The fourth-order valence-corrected chi connectivity index (χ4v) is 4.11. The maximum absolute atomic E-state index is 6.07. The fourth-order valence-electron chi connectivity index (χ4n) is 4.11. The van der Waals surface area contributed by atoms with Crippen LogP contribution in [0.25, 0.3) is 39.2 Å². The number of rotatable bonds is 5. The van der Waals surface area contributed by atoms with Gasteiger partial charge in [0, 0.05) is 47.2 Å². The van der Waals surface area contributed by atoms with Gasteiger partial charge in [0.1, 0.15) is 6.10 Å². The number of hydrogen-bond acceptors (Lipinski definition) is 7. The molecule has 1 saturated heterocycles. The van der Waals surface area contributed by atoms with Gasteiger partial charge in [0.2, 0.25) is 5.88 Å². The molecule has 6 rings (SSSR count). The molecular formula is C24H22N8O. The van der Waals surface area contributed by atoms with Crippen molar-refractivity contribution in [1.29, 1.82) is 0 Å². The largest absolute Gasteiger partial charge is 0.472 e. The molecule has 1 unspecified atom stereocenters. The molecule has 0 bridgehead atoms. The number of benzene rings is 1. The number of nitrogens with zero attached hydrogens (tertiary/aromatic N) is 6. The highest BCUT2D eigenvalue weighted by molar-refractivity contribution is 5.96. The minimum Gasteiger partial charge on any atom is -0.472 e. The number of piperidine rings is 1. The monoisotopic (exact) mass is 438 g/mol. The summed E-state index contributed by atoms with van der Waals surface area (Å²) in [6.07, 6.45) is 14.7. The van der Waals surface area contributed by atoms with Gasteiger partial charge in [-0.15, -0.1) is 0 Å². The normalized spacial score (nSPS) is 16.2. The molecule has 0 aliphatic carbocycles. The number of ether oxygens (including phenoxy) is 1. The molecule has 2 N–H and O–H groups in total. The van der Waals surface area contributed by atoms with Crippen LogP contribution in [-0.2, 0) is 0 Å². The van der Waals surface area contributed by atoms with E-state index >= 15 is 0 Å². The van der Waals surface area contributed by atoms with Gasteiger partial charge < -0.3 is 15.0 Å². The molecule has 1 fully saturated rings. The van der Waals surface area contributed by atoms with E-state index in [0.29, 0.717) is 11.7 Å². The smallest absolute Gasteiger partial charge is 0.233 e. The van der Waals surface area contributed by atoms with Crippen LogP contribution in [0.1, 0.15) is 12.8 Å². The zero-order valence-electron chi connectivity index (χ0n) is 17.8. The first kappa shape index (κ1) is 19.6. The van der Waals surface area contributed by atoms with Gasteiger partial charge in [-0.1, -0.05) is 6.07 Å². The Kier molecular flexibility index (Phi) is 5.00. The van der Waals surface area contributed by atoms with Crippen molar-refractivity contribution < 1.29 is 4.74 Å². The molecule has 1 atom stereocenters. The topological polar surface area (TPSA) is 106 Å². The third-order valence-corrected chi connectivity index (χ3v) is 5.78. The highest BCUT2D eigenvalue weighted by Crippen LogP contribution is 2.31. The number of nitrogens with one attached hydrogen (secondary N) is 2. The van der Waals surface area contributed by atoms with Gasteiger partial charge in [0.25, 0.3) is 0 Å². The van der Waals surface area contributed by atoms with E-state index in [2.05, 4.69) is 36.4 Å². The first-order valence-electron chi connectivity index (χ1n) is 11.0. The van der Waals surface area contributed by atoms with E-state index in [1.165, 1.54) is 0 Å². The first-order chi connectivity index (χ1) is 16.3. The fraction of sp³-hybridized carbons (Fsp3) is 0.208. The molecule has 9 nitrogen and oxygen atoms in total. The first-order valence-corrected chi connectivity index (χ1v) is 11.0. The quantitative estimate of drug-likeness (QED) is 0.433. The van der Waals surface area contributed by atoms with Crippen LogP contribution < -0.4 is 10.1 Å². The molecule has 0 radical (unpaired) electrons. The highest BCUT2D eigenvalue weighted by Gasteiger charge is 2.16. The van der Waals surface area contributed by atoms with Gasteiger partial charge in [-0.2, -0.15) is 5.10 Å². The summed E-state index contributed by atoms with van der Waals surface area (Å²) in [6, 6.07) is 8.02. The van der Waals surface area contributed by atoms with Crippen molar-refractivity contribution in [1.82, 2.24) is 40.0 Å². The van der Waals surface area contributed by atoms with E-state index in [1.54, 1.807) is 35.7 Å². The van der Waals surface area contributed by atoms with Gasteiger partial charge in [0.05, 0.1) is 36.2 Å². The molecule has 0 amide bonds. The number of hydrogen-bond donors (Lipinski definition) is 2. The SMILES string of the molecule is c1cnn(-c2cnc(-c3ccc4[nH]cc(-c5cncc(OC6CCCNC6)n5)c4c3)cn2)c1. The molecule has 164 valence electrons. The standard InChI is InChI=1S/C24H22N8O/c1-3-17(10-25-6-1)33-24-15-26-12-22(31-24)19-11-27-20-5-4-16(9-18(19)20)21-13-29-23(14-28-21)32-8-2-7-30-32/h2,4-5,7-9,11-15,17,25,27H,1,3,6,10H2. The summed E-state index contributed by atoms with van der Waals surface area (Å²) in [5.74, 6) is 1.22. The summed E-state index contributed by atoms with van der Waals surface area (Å²) in [5, 5.41) is 8.59. The lowest BCUT2D eigenvalue weighted by atomic mass is 10.1. The molecule has 5 aromatic rings. The van der Waals surface area contributed by atoms with E-state index < -0.39 is 0 Å². The molecule has 1 aromatic carbocycles. The Morgan fingerprint density at radius 3 is 2.88 bits per heavy atom. The minimum atomic E-state index is 0.126. The number of aromatic amines is 1. The summed E-state index contributed by atoms with van der Waals surface area (Å²) in [4.78, 5) is 21.5. The van der Waals surface area contributed by atoms with Crippen molar-refractivity contribution in [3.05, 3.63) is 67.6 Å². The van der Waals surface area contributed by atoms with Crippen LogP contribution >= 0.6 is 0 Å². The lowest BCUT2D eigenvalue weighted by molar-refractivity contribution is 0.160. The minimum absolute atomic E-state index is 0.126. The van der Waals surface area contributed by atoms with Crippen LogP contribution in [0.5, 0.6) is 5.88 Å². The Morgan fingerprint density at radius 2 is 2.06 bits per heavy atom. The van der Waals surface area contributed by atoms with Crippen molar-refractivity contribution in [2.45, 2.75) is 18.9 Å². The number of H-pyrrole nitrogens is 1. The van der Waals surface area contributed by atoms with Crippen molar-refractivity contribution in [2.24, 2.45) is 0 Å². The maximum Gasteiger partial charge on any atom is 0.233 e. The van der Waals surface area contributed by atoms with Crippen LogP contribution in [-0.4, -0.2) is 53.9 Å². The Labute approximate surface area is 189 Å². The van der Waals surface area contributed by atoms with Gasteiger partial charge in [-0.05, 0) is 37.6 Å². The Balaban J connectivity index is 1.31. The number of aromatic nitrogens is 7. The van der Waals surface area contributed by atoms with Crippen LogP contribution in [0, 0.1) is 0 Å². The molecule has 1 aliphatic heterocycles. The Hall–Kier alpha value is -4.11. The lowest BCUT2D eigenvalue weighted by Gasteiger charge is -2.23. The van der Waals surface area contributed by atoms with E-state index in [9.17, 15) is 0 Å². The summed E-state index contributed by atoms with van der Waals surface area (Å²) in [5.41, 5.74) is 4.50. The highest BCUT2D eigenvalue weighted by atomic mass is 16.5. The van der Waals surface area contributed by atoms with Crippen LogP contribution in [0.15, 0.2) is 67.6 Å². The van der Waals surface area contributed by atoms with E-state index in [1.807, 2.05) is 30.6 Å². The second-order valence-electron chi connectivity index (χ2n) is 8.00. The average molecular weight is 438 g/mol. The predicted octanol–water partition coefficient (Wildman–Crippen LogP) is 3.40. The van der Waals surface area contributed by atoms with Crippen molar-refractivity contribution in [3.63, 3.8) is 0 Å².